The highest BCUT2D eigenvalue weighted by atomic mass is 19.1. The monoisotopic (exact) mass is 363 g/mol. The number of nitrogens with one attached hydrogen (secondary N) is 1. The number of hydrogen-bond donors (Lipinski definition) is 2. The first-order valence-electron chi connectivity index (χ1n) is 7.55. The molecule has 0 saturated carbocycles. The molecule has 2 N–H and O–H groups in total. The topological polar surface area (TPSA) is 92.7 Å². The summed E-state index contributed by atoms with van der Waals surface area (Å²) in [4.78, 5) is 35.0. The van der Waals surface area contributed by atoms with Crippen LogP contribution in [0.3, 0.4) is 0 Å². The van der Waals surface area contributed by atoms with E-state index in [1.54, 1.807) is 30.3 Å². The fourth-order valence-corrected chi connectivity index (χ4v) is 2.16. The lowest BCUT2D eigenvalue weighted by molar-refractivity contribution is -0.139. The van der Waals surface area contributed by atoms with Gasteiger partial charge in [-0.15, -0.1) is 0 Å². The molecule has 0 aliphatic carbocycles. The van der Waals surface area contributed by atoms with E-state index in [0.29, 0.717) is 5.56 Å². The fourth-order valence-electron chi connectivity index (χ4n) is 2.16. The number of ether oxygens (including phenoxy) is 1. The average Bonchev–Trinajstić information content (AvgIpc) is 2.60. The third-order valence-electron chi connectivity index (χ3n) is 3.43. The van der Waals surface area contributed by atoms with Crippen LogP contribution in [0.4, 0.5) is 13.6 Å². The van der Waals surface area contributed by atoms with E-state index in [4.69, 9.17) is 9.84 Å². The lowest BCUT2D eigenvalue weighted by atomic mass is 10.0. The number of amides is 1. The molecule has 26 heavy (non-hydrogen) atoms. The fraction of sp³-hybridized carbons (Fsp3) is 0.167. The second-order valence-electron chi connectivity index (χ2n) is 5.32. The molecule has 0 saturated heterocycles. The van der Waals surface area contributed by atoms with Crippen molar-refractivity contribution in [3.63, 3.8) is 0 Å². The van der Waals surface area contributed by atoms with E-state index in [0.717, 1.165) is 18.2 Å². The molecule has 2 aromatic carbocycles. The quantitative estimate of drug-likeness (QED) is 0.738. The second kappa shape index (κ2) is 8.70. The van der Waals surface area contributed by atoms with Gasteiger partial charge in [-0.25, -0.2) is 18.4 Å². The molecule has 136 valence electrons. The number of benzene rings is 2. The standard InChI is InChI=1S/C18H15F2NO5/c19-12-7-4-8-13(20)16(12)15(22)9-14(17(23)24)21-18(25)26-10-11-5-2-1-3-6-11/h1-8,14H,9-10H2,(H,21,25)(H,23,24). The van der Waals surface area contributed by atoms with Crippen LogP contribution in [0.1, 0.15) is 22.3 Å². The van der Waals surface area contributed by atoms with Crippen molar-refractivity contribution < 1.29 is 33.0 Å². The zero-order valence-corrected chi connectivity index (χ0v) is 13.4. The predicted molar refractivity (Wildman–Crippen MR) is 86.5 cm³/mol. The first-order chi connectivity index (χ1) is 12.4. The van der Waals surface area contributed by atoms with E-state index in [1.165, 1.54) is 0 Å². The number of carbonyl (C=O) groups excluding carboxylic acids is 2. The summed E-state index contributed by atoms with van der Waals surface area (Å²) in [7, 11) is 0. The molecule has 0 bridgehead atoms. The lowest BCUT2D eigenvalue weighted by Gasteiger charge is -2.14. The number of alkyl carbamates (subject to hydrolysis) is 1. The molecule has 8 heteroatoms. The molecule has 0 spiro atoms. The Hall–Kier alpha value is -3.29. The Kier molecular flexibility index (Phi) is 6.37. The van der Waals surface area contributed by atoms with Crippen LogP contribution in [0.15, 0.2) is 48.5 Å². The van der Waals surface area contributed by atoms with Crippen LogP contribution in [0.25, 0.3) is 0 Å². The van der Waals surface area contributed by atoms with Crippen molar-refractivity contribution in [1.29, 1.82) is 0 Å². The first-order valence-corrected chi connectivity index (χ1v) is 7.55. The van der Waals surface area contributed by atoms with Crippen molar-refractivity contribution in [2.75, 3.05) is 0 Å². The van der Waals surface area contributed by atoms with Crippen LogP contribution in [-0.2, 0) is 16.1 Å². The Balaban J connectivity index is 1.99. The van der Waals surface area contributed by atoms with Gasteiger partial charge in [0.15, 0.2) is 5.78 Å². The highest BCUT2D eigenvalue weighted by Gasteiger charge is 2.27. The van der Waals surface area contributed by atoms with Crippen molar-refractivity contribution in [2.45, 2.75) is 19.1 Å². The summed E-state index contributed by atoms with van der Waals surface area (Å²) >= 11 is 0. The van der Waals surface area contributed by atoms with E-state index in [2.05, 4.69) is 0 Å². The number of ketones is 1. The minimum atomic E-state index is -1.69. The number of carbonyl (C=O) groups is 3. The molecule has 0 radical (unpaired) electrons. The summed E-state index contributed by atoms with van der Waals surface area (Å²) in [5.41, 5.74) is -0.169. The first kappa shape index (κ1) is 19.0. The Morgan fingerprint density at radius 3 is 2.19 bits per heavy atom. The van der Waals surface area contributed by atoms with Crippen LogP contribution < -0.4 is 5.32 Å². The van der Waals surface area contributed by atoms with Crippen molar-refractivity contribution in [3.8, 4) is 0 Å². The van der Waals surface area contributed by atoms with Crippen LogP contribution in [0.5, 0.6) is 0 Å². The molecule has 0 heterocycles. The SMILES string of the molecule is O=C(NC(CC(=O)c1c(F)cccc1F)C(=O)O)OCc1ccccc1. The van der Waals surface area contributed by atoms with Gasteiger partial charge in [0.25, 0.3) is 0 Å². The van der Waals surface area contributed by atoms with Crippen molar-refractivity contribution in [3.05, 3.63) is 71.3 Å². The summed E-state index contributed by atoms with van der Waals surface area (Å²) in [5, 5.41) is 11.1. The minimum Gasteiger partial charge on any atom is -0.480 e. The molecular weight excluding hydrogens is 348 g/mol. The molecule has 6 nitrogen and oxygen atoms in total. The number of rotatable bonds is 7. The van der Waals surface area contributed by atoms with Gasteiger partial charge < -0.3 is 15.2 Å². The molecule has 1 unspecified atom stereocenters. The third-order valence-corrected chi connectivity index (χ3v) is 3.43. The molecule has 0 fully saturated rings. The van der Waals surface area contributed by atoms with Crippen molar-refractivity contribution in [1.82, 2.24) is 5.32 Å². The largest absolute Gasteiger partial charge is 0.480 e. The zero-order chi connectivity index (χ0) is 19.1. The summed E-state index contributed by atoms with van der Waals surface area (Å²) < 4.78 is 32.1. The van der Waals surface area contributed by atoms with Gasteiger partial charge in [0.2, 0.25) is 0 Å². The molecule has 2 aromatic rings. The maximum Gasteiger partial charge on any atom is 0.408 e. The smallest absolute Gasteiger partial charge is 0.408 e. The molecular formula is C18H15F2NO5. The summed E-state index contributed by atoms with van der Waals surface area (Å²) in [6, 6.07) is 9.80. The van der Waals surface area contributed by atoms with Crippen molar-refractivity contribution >= 4 is 17.8 Å². The van der Waals surface area contributed by atoms with Crippen LogP contribution in [-0.4, -0.2) is 29.0 Å². The number of carboxylic acids is 1. The van der Waals surface area contributed by atoms with Gasteiger partial charge in [0, 0.05) is 6.42 Å². The normalized spacial score (nSPS) is 11.5. The van der Waals surface area contributed by atoms with Crippen LogP contribution in [0.2, 0.25) is 0 Å². The number of carboxylic acid groups (broad SMARTS) is 1. The molecule has 0 aliphatic rings. The summed E-state index contributed by atoms with van der Waals surface area (Å²) in [6.07, 6.45) is -1.89. The van der Waals surface area contributed by atoms with E-state index >= 15 is 0 Å². The average molecular weight is 363 g/mol. The second-order valence-corrected chi connectivity index (χ2v) is 5.32. The predicted octanol–water partition coefficient (Wildman–Crippen LogP) is 2.92. The van der Waals surface area contributed by atoms with Crippen molar-refractivity contribution in [2.24, 2.45) is 0 Å². The minimum absolute atomic E-state index is 0.102. The van der Waals surface area contributed by atoms with Gasteiger partial charge in [0.05, 0.1) is 5.56 Å². The summed E-state index contributed by atoms with van der Waals surface area (Å²) in [6.45, 7) is -0.102. The van der Waals surface area contributed by atoms with Crippen LogP contribution in [0, 0.1) is 11.6 Å². The highest BCUT2D eigenvalue weighted by molar-refractivity contribution is 5.99. The van der Waals surface area contributed by atoms with E-state index < -0.39 is 47.5 Å². The molecule has 0 aliphatic heterocycles. The molecule has 2 rings (SSSR count). The van der Waals surface area contributed by atoms with Gasteiger partial charge in [-0.05, 0) is 17.7 Å². The Bertz CT molecular complexity index is 790. The Morgan fingerprint density at radius 2 is 1.62 bits per heavy atom. The lowest BCUT2D eigenvalue weighted by Crippen LogP contribution is -2.42. The third kappa shape index (κ3) is 5.10. The Morgan fingerprint density at radius 1 is 1.00 bits per heavy atom. The van der Waals surface area contributed by atoms with Gasteiger partial charge in [-0.3, -0.25) is 4.79 Å². The van der Waals surface area contributed by atoms with E-state index in [1.807, 2.05) is 5.32 Å². The van der Waals surface area contributed by atoms with Gasteiger partial charge in [0.1, 0.15) is 24.3 Å². The Labute approximate surface area is 147 Å². The van der Waals surface area contributed by atoms with E-state index in [9.17, 15) is 23.2 Å². The zero-order valence-electron chi connectivity index (χ0n) is 13.4. The molecule has 0 aromatic heterocycles. The van der Waals surface area contributed by atoms with Gasteiger partial charge >= 0.3 is 12.1 Å². The van der Waals surface area contributed by atoms with Gasteiger partial charge in [-0.2, -0.15) is 0 Å². The number of hydrogen-bond acceptors (Lipinski definition) is 4. The number of Topliss-reactive ketones (excluding diaryl/α,β-unsaturated/α-hetero) is 1. The molecule has 1 atom stereocenters. The highest BCUT2D eigenvalue weighted by Crippen LogP contribution is 2.15. The van der Waals surface area contributed by atoms with Crippen LogP contribution >= 0.6 is 0 Å². The van der Waals surface area contributed by atoms with Gasteiger partial charge in [-0.1, -0.05) is 36.4 Å². The maximum absolute atomic E-state index is 13.6. The van der Waals surface area contributed by atoms with E-state index in [-0.39, 0.29) is 6.61 Å². The summed E-state index contributed by atoms with van der Waals surface area (Å²) in [5.74, 6) is -4.83. The maximum atomic E-state index is 13.6. The number of halogens is 2. The number of aliphatic carboxylic acids is 1. The molecule has 1 amide bonds.